The highest BCUT2D eigenvalue weighted by atomic mass is 35.5. The Morgan fingerprint density at radius 3 is 2.60 bits per heavy atom. The first-order valence-corrected chi connectivity index (χ1v) is 9.94. The van der Waals surface area contributed by atoms with Crippen molar-refractivity contribution in [1.82, 2.24) is 0 Å². The molecule has 30 heavy (non-hydrogen) atoms. The molecule has 0 bridgehead atoms. The Balaban J connectivity index is 1.48. The molecule has 0 radical (unpaired) electrons. The number of furan rings is 1. The summed E-state index contributed by atoms with van der Waals surface area (Å²) in [5.41, 5.74) is 4.23. The van der Waals surface area contributed by atoms with Crippen LogP contribution in [-0.2, 0) is 0 Å². The van der Waals surface area contributed by atoms with Crippen molar-refractivity contribution in [2.24, 2.45) is 0 Å². The van der Waals surface area contributed by atoms with Crippen LogP contribution in [0.2, 0.25) is 5.02 Å². The van der Waals surface area contributed by atoms with Crippen LogP contribution in [0, 0.1) is 6.92 Å². The molecule has 1 amide bonds. The molecule has 0 aliphatic carbocycles. The van der Waals surface area contributed by atoms with Gasteiger partial charge in [0.05, 0.1) is 27.6 Å². The van der Waals surface area contributed by atoms with E-state index in [1.54, 1.807) is 6.07 Å². The van der Waals surface area contributed by atoms with E-state index < -0.39 is 0 Å². The van der Waals surface area contributed by atoms with E-state index in [1.807, 2.05) is 67.6 Å². The summed E-state index contributed by atoms with van der Waals surface area (Å²) in [7, 11) is 0. The standard InChI is InChI=1S/C23H19ClN4O2/c1-13-11-15-20-19(27-23(28-20)26-18-10-6-5-9-17(18)24)12-16(21(15)30-13)22(29)25-14-7-3-2-4-8-14/h2-12,23,26-28H,1H3,(H,25,29). The SMILES string of the molecule is Cc1cc2c3c(cc(C(=O)Nc4ccccc4)c2o1)NC(Nc1ccccc1Cl)N3. The van der Waals surface area contributed by atoms with Crippen molar-refractivity contribution in [3.05, 3.63) is 83.1 Å². The molecule has 7 heteroatoms. The molecule has 0 saturated heterocycles. The summed E-state index contributed by atoms with van der Waals surface area (Å²) in [6, 6.07) is 20.6. The van der Waals surface area contributed by atoms with Crippen LogP contribution >= 0.6 is 11.6 Å². The van der Waals surface area contributed by atoms with Crippen molar-refractivity contribution in [3.63, 3.8) is 0 Å². The third-order valence-corrected chi connectivity index (χ3v) is 5.30. The first kappa shape index (κ1) is 18.4. The Morgan fingerprint density at radius 2 is 1.80 bits per heavy atom. The van der Waals surface area contributed by atoms with Crippen LogP contribution in [0.5, 0.6) is 0 Å². The van der Waals surface area contributed by atoms with E-state index in [9.17, 15) is 4.79 Å². The van der Waals surface area contributed by atoms with Crippen molar-refractivity contribution >= 4 is 51.2 Å². The number of aryl methyl sites for hydroxylation is 1. The number of amides is 1. The smallest absolute Gasteiger partial charge is 0.259 e. The number of carbonyl (C=O) groups excluding carboxylic acids is 1. The van der Waals surface area contributed by atoms with Crippen molar-refractivity contribution in [2.75, 3.05) is 21.3 Å². The van der Waals surface area contributed by atoms with Gasteiger partial charge >= 0.3 is 0 Å². The minimum atomic E-state index is -0.286. The molecular weight excluding hydrogens is 400 g/mol. The van der Waals surface area contributed by atoms with Crippen LogP contribution in [0.3, 0.4) is 0 Å². The maximum Gasteiger partial charge on any atom is 0.259 e. The van der Waals surface area contributed by atoms with Crippen LogP contribution in [0.4, 0.5) is 22.7 Å². The van der Waals surface area contributed by atoms with Crippen molar-refractivity contribution in [1.29, 1.82) is 0 Å². The number of hydrogen-bond acceptors (Lipinski definition) is 5. The van der Waals surface area contributed by atoms with Gasteiger partial charge in [-0.05, 0) is 43.3 Å². The molecule has 6 nitrogen and oxygen atoms in total. The second-order valence-corrected chi connectivity index (χ2v) is 7.52. The van der Waals surface area contributed by atoms with Gasteiger partial charge in [-0.15, -0.1) is 0 Å². The molecule has 1 aliphatic heterocycles. The molecule has 0 spiro atoms. The molecule has 1 aliphatic rings. The summed E-state index contributed by atoms with van der Waals surface area (Å²) in [6.07, 6.45) is -0.286. The Labute approximate surface area is 178 Å². The minimum absolute atomic E-state index is 0.229. The van der Waals surface area contributed by atoms with Gasteiger partial charge in [0, 0.05) is 11.1 Å². The fourth-order valence-corrected chi connectivity index (χ4v) is 3.82. The monoisotopic (exact) mass is 418 g/mol. The number of para-hydroxylation sites is 2. The van der Waals surface area contributed by atoms with E-state index >= 15 is 0 Å². The number of anilines is 4. The van der Waals surface area contributed by atoms with Gasteiger partial charge in [0.15, 0.2) is 6.29 Å². The summed E-state index contributed by atoms with van der Waals surface area (Å²) in [6.45, 7) is 1.87. The van der Waals surface area contributed by atoms with E-state index in [0.717, 1.165) is 33.9 Å². The van der Waals surface area contributed by atoms with Gasteiger partial charge in [-0.2, -0.15) is 0 Å². The molecule has 4 N–H and O–H groups in total. The highest BCUT2D eigenvalue weighted by molar-refractivity contribution is 6.33. The summed E-state index contributed by atoms with van der Waals surface area (Å²) in [4.78, 5) is 13.0. The van der Waals surface area contributed by atoms with E-state index in [4.69, 9.17) is 16.0 Å². The summed E-state index contributed by atoms with van der Waals surface area (Å²) in [5.74, 6) is 0.504. The Bertz CT molecular complexity index is 1250. The van der Waals surface area contributed by atoms with Gasteiger partial charge in [-0.25, -0.2) is 0 Å². The molecule has 3 aromatic carbocycles. The van der Waals surface area contributed by atoms with E-state index in [1.165, 1.54) is 0 Å². The van der Waals surface area contributed by atoms with Gasteiger partial charge in [0.1, 0.15) is 11.3 Å². The Hall–Kier alpha value is -3.64. The zero-order valence-corrected chi connectivity index (χ0v) is 16.9. The normalized spacial score (nSPS) is 14.7. The zero-order valence-electron chi connectivity index (χ0n) is 16.1. The Morgan fingerprint density at radius 1 is 1.03 bits per heavy atom. The highest BCUT2D eigenvalue weighted by Crippen LogP contribution is 2.40. The van der Waals surface area contributed by atoms with Crippen LogP contribution in [-0.4, -0.2) is 12.2 Å². The quantitative estimate of drug-likeness (QED) is 0.333. The lowest BCUT2D eigenvalue weighted by atomic mass is 10.1. The topological polar surface area (TPSA) is 78.3 Å². The fourth-order valence-electron chi connectivity index (χ4n) is 3.63. The summed E-state index contributed by atoms with van der Waals surface area (Å²) < 4.78 is 5.89. The van der Waals surface area contributed by atoms with Crippen LogP contribution < -0.4 is 21.3 Å². The average Bonchev–Trinajstić information content (AvgIpc) is 3.32. The number of rotatable bonds is 4. The molecule has 1 atom stereocenters. The first-order valence-electron chi connectivity index (χ1n) is 9.56. The van der Waals surface area contributed by atoms with Gasteiger partial charge in [-0.3, -0.25) is 4.79 Å². The predicted octanol–water partition coefficient (Wildman–Crippen LogP) is 5.88. The lowest BCUT2D eigenvalue weighted by molar-refractivity contribution is 0.102. The lowest BCUT2D eigenvalue weighted by Crippen LogP contribution is -2.31. The third-order valence-electron chi connectivity index (χ3n) is 4.97. The number of halogens is 1. The molecule has 0 saturated carbocycles. The molecule has 5 rings (SSSR count). The number of nitrogens with one attached hydrogen (secondary N) is 4. The Kier molecular flexibility index (Phi) is 4.48. The van der Waals surface area contributed by atoms with E-state index in [-0.39, 0.29) is 12.2 Å². The maximum atomic E-state index is 13.0. The molecule has 150 valence electrons. The second-order valence-electron chi connectivity index (χ2n) is 7.11. The molecule has 1 aromatic heterocycles. The summed E-state index contributed by atoms with van der Waals surface area (Å²) in [5, 5.41) is 14.5. The van der Waals surface area contributed by atoms with Crippen molar-refractivity contribution in [2.45, 2.75) is 13.2 Å². The highest BCUT2D eigenvalue weighted by Gasteiger charge is 2.27. The molecule has 1 unspecified atom stereocenters. The number of fused-ring (bicyclic) bond motifs is 3. The van der Waals surface area contributed by atoms with E-state index in [0.29, 0.717) is 16.2 Å². The maximum absolute atomic E-state index is 13.0. The third kappa shape index (κ3) is 3.31. The predicted molar refractivity (Wildman–Crippen MR) is 121 cm³/mol. The molecule has 4 aromatic rings. The molecule has 2 heterocycles. The number of benzene rings is 3. The van der Waals surface area contributed by atoms with Crippen molar-refractivity contribution in [3.8, 4) is 0 Å². The van der Waals surface area contributed by atoms with Crippen LogP contribution in [0.1, 0.15) is 16.1 Å². The van der Waals surface area contributed by atoms with Gasteiger partial charge in [-0.1, -0.05) is 41.9 Å². The summed E-state index contributed by atoms with van der Waals surface area (Å²) >= 11 is 6.27. The average molecular weight is 419 g/mol. The zero-order chi connectivity index (χ0) is 20.7. The molecule has 0 fully saturated rings. The van der Waals surface area contributed by atoms with Crippen molar-refractivity contribution < 1.29 is 9.21 Å². The van der Waals surface area contributed by atoms with Gasteiger partial charge in [0.2, 0.25) is 0 Å². The number of carbonyl (C=O) groups is 1. The molecular formula is C23H19ClN4O2. The lowest BCUT2D eigenvalue weighted by Gasteiger charge is -2.16. The van der Waals surface area contributed by atoms with Gasteiger partial charge < -0.3 is 25.7 Å². The minimum Gasteiger partial charge on any atom is -0.460 e. The van der Waals surface area contributed by atoms with E-state index in [2.05, 4.69) is 21.3 Å². The second kappa shape index (κ2) is 7.31. The largest absolute Gasteiger partial charge is 0.460 e. The van der Waals surface area contributed by atoms with Crippen LogP contribution in [0.25, 0.3) is 11.0 Å². The van der Waals surface area contributed by atoms with Crippen LogP contribution in [0.15, 0.2) is 71.1 Å². The number of hydrogen-bond donors (Lipinski definition) is 4. The fraction of sp³-hybridized carbons (Fsp3) is 0.0870. The first-order chi connectivity index (χ1) is 14.6. The van der Waals surface area contributed by atoms with Gasteiger partial charge in [0.25, 0.3) is 5.91 Å².